The van der Waals surface area contributed by atoms with Gasteiger partial charge in [-0.3, -0.25) is 9.18 Å². The monoisotopic (exact) mass is 491 g/mol. The number of fused-ring (bicyclic) bond motifs is 2. The lowest BCUT2D eigenvalue weighted by atomic mass is 9.63. The number of hydrogen-bond acceptors (Lipinski definition) is 3. The van der Waals surface area contributed by atoms with Crippen LogP contribution in [0.4, 0.5) is 10.1 Å². The van der Waals surface area contributed by atoms with E-state index >= 15 is 0 Å². The van der Waals surface area contributed by atoms with Gasteiger partial charge < -0.3 is 16.0 Å². The number of primary amides is 1. The summed E-state index contributed by atoms with van der Waals surface area (Å²) < 4.78 is 13.2. The van der Waals surface area contributed by atoms with Crippen LogP contribution in [-0.2, 0) is 10.2 Å². The predicted molar refractivity (Wildman–Crippen MR) is 134 cm³/mol. The highest BCUT2D eigenvalue weighted by atomic mass is 35.5. The lowest BCUT2D eigenvalue weighted by Gasteiger charge is -2.40. The minimum atomic E-state index is -0.555. The number of carbonyl (C=O) groups excluding carboxylic acids is 1. The number of rotatable bonds is 6. The van der Waals surface area contributed by atoms with Crippen LogP contribution >= 0.6 is 23.2 Å². The topological polar surface area (TPSA) is 58.4 Å². The van der Waals surface area contributed by atoms with E-state index in [1.165, 1.54) is 0 Å². The molecule has 2 aromatic rings. The van der Waals surface area contributed by atoms with Crippen molar-refractivity contribution in [2.75, 3.05) is 24.7 Å². The highest BCUT2D eigenvalue weighted by Crippen LogP contribution is 2.57. The van der Waals surface area contributed by atoms with Gasteiger partial charge >= 0.3 is 0 Å². The summed E-state index contributed by atoms with van der Waals surface area (Å²) in [6.07, 6.45) is 1.27. The van der Waals surface area contributed by atoms with Crippen LogP contribution in [0.15, 0.2) is 42.5 Å². The van der Waals surface area contributed by atoms with Gasteiger partial charge in [-0.15, -0.1) is 0 Å². The first-order valence-corrected chi connectivity index (χ1v) is 12.2. The van der Waals surface area contributed by atoms with Crippen molar-refractivity contribution in [3.8, 4) is 0 Å². The van der Waals surface area contributed by atoms with Crippen molar-refractivity contribution < 1.29 is 9.18 Å². The standard InChI is InChI=1S/C26H32Cl2FN3O/c1-25(2,3)14-21-26(15-32(11-5-10-29)20-13-18(28)8-9-19(20)26)22(23(31-21)24(30)33)16-6-4-7-17(27)12-16/h4,6-9,12-13,21-23,31H,5,10-11,14-15H2,1-3H3,(H2,30,33)/t21-,22-,23+,26-/m0/s1. The van der Waals surface area contributed by atoms with Gasteiger partial charge in [-0.1, -0.05) is 62.2 Å². The smallest absolute Gasteiger partial charge is 0.235 e. The van der Waals surface area contributed by atoms with Gasteiger partial charge in [0.15, 0.2) is 0 Å². The van der Waals surface area contributed by atoms with E-state index in [2.05, 4.69) is 37.1 Å². The Kier molecular flexibility index (Phi) is 6.69. The fraction of sp³-hybridized carbons (Fsp3) is 0.500. The highest BCUT2D eigenvalue weighted by Gasteiger charge is 2.62. The molecule has 0 aliphatic carbocycles. The summed E-state index contributed by atoms with van der Waals surface area (Å²) in [4.78, 5) is 15.0. The third-order valence-electron chi connectivity index (χ3n) is 7.04. The van der Waals surface area contributed by atoms with Crippen molar-refractivity contribution in [1.82, 2.24) is 5.32 Å². The molecule has 1 saturated heterocycles. The normalized spacial score (nSPS) is 26.7. The van der Waals surface area contributed by atoms with E-state index in [-0.39, 0.29) is 30.0 Å². The molecule has 2 aliphatic rings. The molecule has 7 heteroatoms. The molecule has 4 rings (SSSR count). The second-order valence-electron chi connectivity index (χ2n) is 10.6. The Bertz CT molecular complexity index is 1040. The molecule has 0 saturated carbocycles. The van der Waals surface area contributed by atoms with E-state index < -0.39 is 11.5 Å². The molecule has 2 heterocycles. The van der Waals surface area contributed by atoms with Gasteiger partial charge in [-0.2, -0.15) is 0 Å². The molecule has 1 amide bonds. The van der Waals surface area contributed by atoms with Gasteiger partial charge in [-0.25, -0.2) is 0 Å². The van der Waals surface area contributed by atoms with Crippen molar-refractivity contribution >= 4 is 34.8 Å². The molecule has 4 nitrogen and oxygen atoms in total. The van der Waals surface area contributed by atoms with Crippen molar-refractivity contribution in [2.45, 2.75) is 57.0 Å². The minimum absolute atomic E-state index is 0.00896. The number of nitrogens with one attached hydrogen (secondary N) is 1. The van der Waals surface area contributed by atoms with Crippen LogP contribution < -0.4 is 16.0 Å². The van der Waals surface area contributed by atoms with Gasteiger partial charge in [0.1, 0.15) is 0 Å². The van der Waals surface area contributed by atoms with Gasteiger partial charge in [-0.05, 0) is 53.6 Å². The van der Waals surface area contributed by atoms with Gasteiger partial charge in [0, 0.05) is 46.2 Å². The van der Waals surface area contributed by atoms with E-state index in [1.807, 2.05) is 36.4 Å². The summed E-state index contributed by atoms with van der Waals surface area (Å²) in [5.74, 6) is -0.607. The van der Waals surface area contributed by atoms with Crippen molar-refractivity contribution in [3.63, 3.8) is 0 Å². The number of alkyl halides is 1. The summed E-state index contributed by atoms with van der Waals surface area (Å²) in [5.41, 5.74) is 8.65. The van der Waals surface area contributed by atoms with E-state index in [0.29, 0.717) is 29.6 Å². The average molecular weight is 492 g/mol. The Balaban J connectivity index is 1.95. The van der Waals surface area contributed by atoms with Crippen LogP contribution in [0.2, 0.25) is 10.0 Å². The first-order chi connectivity index (χ1) is 15.6. The SMILES string of the molecule is CC(C)(C)C[C@@H]1N[C@@H](C(N)=O)[C@H](c2cccc(Cl)c2)[C@]12CN(CCCF)c1cc(Cl)ccc12. The number of carbonyl (C=O) groups is 1. The molecule has 3 N–H and O–H groups in total. The Labute approximate surface area is 205 Å². The Morgan fingerprint density at radius 3 is 2.58 bits per heavy atom. The molecule has 0 radical (unpaired) electrons. The largest absolute Gasteiger partial charge is 0.370 e. The molecular formula is C26H32Cl2FN3O. The molecule has 1 spiro atoms. The molecule has 0 aromatic heterocycles. The number of benzene rings is 2. The summed E-state index contributed by atoms with van der Waals surface area (Å²) in [6, 6.07) is 13.1. The second-order valence-corrected chi connectivity index (χ2v) is 11.4. The maximum atomic E-state index is 13.2. The maximum absolute atomic E-state index is 13.2. The number of amides is 1. The molecule has 0 unspecified atom stereocenters. The molecule has 33 heavy (non-hydrogen) atoms. The summed E-state index contributed by atoms with van der Waals surface area (Å²) >= 11 is 12.8. The van der Waals surface area contributed by atoms with E-state index in [4.69, 9.17) is 28.9 Å². The highest BCUT2D eigenvalue weighted by molar-refractivity contribution is 6.31. The van der Waals surface area contributed by atoms with Crippen LogP contribution in [0.3, 0.4) is 0 Å². The van der Waals surface area contributed by atoms with Crippen LogP contribution in [0.5, 0.6) is 0 Å². The quantitative estimate of drug-likeness (QED) is 0.564. The molecule has 2 aromatic carbocycles. The average Bonchev–Trinajstić information content (AvgIpc) is 3.21. The summed E-state index contributed by atoms with van der Waals surface area (Å²) in [7, 11) is 0. The fourth-order valence-electron chi connectivity index (χ4n) is 5.93. The number of nitrogens with two attached hydrogens (primary N) is 1. The molecular weight excluding hydrogens is 460 g/mol. The molecule has 178 valence electrons. The molecule has 1 fully saturated rings. The van der Waals surface area contributed by atoms with Crippen molar-refractivity contribution in [2.24, 2.45) is 11.1 Å². The van der Waals surface area contributed by atoms with E-state index in [9.17, 15) is 9.18 Å². The van der Waals surface area contributed by atoms with Gasteiger partial charge in [0.2, 0.25) is 5.91 Å². The number of halogens is 3. The van der Waals surface area contributed by atoms with Crippen LogP contribution in [0.25, 0.3) is 0 Å². The van der Waals surface area contributed by atoms with E-state index in [1.54, 1.807) is 0 Å². The van der Waals surface area contributed by atoms with Gasteiger partial charge in [0.25, 0.3) is 0 Å². The maximum Gasteiger partial charge on any atom is 0.235 e. The van der Waals surface area contributed by atoms with E-state index in [0.717, 1.165) is 23.2 Å². The zero-order chi connectivity index (χ0) is 24.0. The van der Waals surface area contributed by atoms with Crippen LogP contribution in [-0.4, -0.2) is 37.8 Å². The first kappa shape index (κ1) is 24.3. The number of nitrogens with zero attached hydrogens (tertiary/aromatic N) is 1. The fourth-order valence-corrected chi connectivity index (χ4v) is 6.29. The Morgan fingerprint density at radius 2 is 1.94 bits per heavy atom. The zero-order valence-corrected chi connectivity index (χ0v) is 20.9. The Morgan fingerprint density at radius 1 is 1.21 bits per heavy atom. The lowest BCUT2D eigenvalue weighted by molar-refractivity contribution is -0.120. The third kappa shape index (κ3) is 4.48. The molecule has 0 bridgehead atoms. The van der Waals surface area contributed by atoms with Crippen LogP contribution in [0.1, 0.15) is 50.7 Å². The minimum Gasteiger partial charge on any atom is -0.370 e. The first-order valence-electron chi connectivity index (χ1n) is 11.5. The van der Waals surface area contributed by atoms with Crippen molar-refractivity contribution in [3.05, 3.63) is 63.6 Å². The third-order valence-corrected chi connectivity index (χ3v) is 7.51. The Hall–Kier alpha value is -1.82. The molecule has 2 aliphatic heterocycles. The zero-order valence-electron chi connectivity index (χ0n) is 19.4. The van der Waals surface area contributed by atoms with Crippen LogP contribution in [0, 0.1) is 5.41 Å². The number of anilines is 1. The second kappa shape index (κ2) is 9.09. The number of hydrogen-bond donors (Lipinski definition) is 2. The summed E-state index contributed by atoms with van der Waals surface area (Å²) in [6.45, 7) is 7.45. The molecule has 4 atom stereocenters. The summed E-state index contributed by atoms with van der Waals surface area (Å²) in [5, 5.41) is 4.89. The lowest BCUT2D eigenvalue weighted by Crippen LogP contribution is -2.48. The van der Waals surface area contributed by atoms with Crippen molar-refractivity contribution in [1.29, 1.82) is 0 Å². The van der Waals surface area contributed by atoms with Gasteiger partial charge in [0.05, 0.1) is 12.7 Å². The predicted octanol–water partition coefficient (Wildman–Crippen LogP) is 5.46.